The highest BCUT2D eigenvalue weighted by Crippen LogP contribution is 2.20. The summed E-state index contributed by atoms with van der Waals surface area (Å²) in [6, 6.07) is 4.45. The van der Waals surface area contributed by atoms with Gasteiger partial charge >= 0.3 is 0 Å². The van der Waals surface area contributed by atoms with Gasteiger partial charge in [-0.2, -0.15) is 0 Å². The second-order valence-corrected chi connectivity index (χ2v) is 3.44. The lowest BCUT2D eigenvalue weighted by Gasteiger charge is -2.02. The Kier molecular flexibility index (Phi) is 2.55. The number of rotatable bonds is 2. The zero-order valence-corrected chi connectivity index (χ0v) is 8.66. The molecule has 0 saturated heterocycles. The van der Waals surface area contributed by atoms with Crippen LogP contribution in [0.15, 0.2) is 24.4 Å². The molecule has 1 aromatic carbocycles. The van der Waals surface area contributed by atoms with Gasteiger partial charge in [0.25, 0.3) is 0 Å². The van der Waals surface area contributed by atoms with Gasteiger partial charge in [-0.15, -0.1) is 5.10 Å². The van der Waals surface area contributed by atoms with Crippen LogP contribution in [0, 0.1) is 5.82 Å². The summed E-state index contributed by atoms with van der Waals surface area (Å²) in [7, 11) is 1.75. The van der Waals surface area contributed by atoms with Gasteiger partial charge in [0.1, 0.15) is 5.82 Å². The summed E-state index contributed by atoms with van der Waals surface area (Å²) in [6.45, 7) is 0. The number of nitrogens with zero attached hydrogens (tertiary/aromatic N) is 3. The van der Waals surface area contributed by atoms with Crippen molar-refractivity contribution in [3.63, 3.8) is 0 Å². The molecule has 4 nitrogen and oxygen atoms in total. The van der Waals surface area contributed by atoms with Crippen LogP contribution in [0.2, 0.25) is 5.02 Å². The van der Waals surface area contributed by atoms with E-state index < -0.39 is 5.82 Å². The number of halogens is 2. The molecule has 15 heavy (non-hydrogen) atoms. The first-order valence-electron chi connectivity index (χ1n) is 4.23. The summed E-state index contributed by atoms with van der Waals surface area (Å²) in [6.07, 6.45) is 1.69. The predicted octanol–water partition coefficient (Wildman–Crippen LogP) is 2.35. The fraction of sp³-hybridized carbons (Fsp3) is 0.111. The van der Waals surface area contributed by atoms with Crippen LogP contribution < -0.4 is 5.32 Å². The van der Waals surface area contributed by atoms with Gasteiger partial charge in [0.05, 0.1) is 11.2 Å². The van der Waals surface area contributed by atoms with E-state index in [1.807, 2.05) is 0 Å². The maximum absolute atomic E-state index is 13.1. The van der Waals surface area contributed by atoms with E-state index in [4.69, 9.17) is 11.6 Å². The van der Waals surface area contributed by atoms with E-state index in [1.54, 1.807) is 24.0 Å². The third-order valence-corrected chi connectivity index (χ3v) is 2.10. The van der Waals surface area contributed by atoms with E-state index in [9.17, 15) is 4.39 Å². The maximum atomic E-state index is 13.1. The molecule has 0 bridgehead atoms. The Morgan fingerprint density at radius 1 is 1.47 bits per heavy atom. The quantitative estimate of drug-likeness (QED) is 0.855. The van der Waals surface area contributed by atoms with E-state index in [-0.39, 0.29) is 5.02 Å². The molecule has 0 atom stereocenters. The number of benzene rings is 1. The minimum atomic E-state index is -0.467. The van der Waals surface area contributed by atoms with Crippen molar-refractivity contribution in [3.8, 4) is 0 Å². The van der Waals surface area contributed by atoms with Gasteiger partial charge in [-0.3, -0.25) is 4.68 Å². The van der Waals surface area contributed by atoms with Crippen LogP contribution in [-0.4, -0.2) is 15.0 Å². The summed E-state index contributed by atoms with van der Waals surface area (Å²) >= 11 is 5.55. The molecule has 0 saturated carbocycles. The highest BCUT2D eigenvalue weighted by molar-refractivity contribution is 6.30. The van der Waals surface area contributed by atoms with Crippen LogP contribution in [0.1, 0.15) is 0 Å². The summed E-state index contributed by atoms with van der Waals surface area (Å²) < 4.78 is 14.6. The minimum absolute atomic E-state index is 0.0969. The Bertz CT molecular complexity index is 483. The van der Waals surface area contributed by atoms with E-state index in [0.717, 1.165) is 0 Å². The largest absolute Gasteiger partial charge is 0.337 e. The number of aryl methyl sites for hydroxylation is 1. The molecule has 0 unspecified atom stereocenters. The Hall–Kier alpha value is -1.62. The molecule has 6 heteroatoms. The van der Waals surface area contributed by atoms with E-state index in [0.29, 0.717) is 11.5 Å². The van der Waals surface area contributed by atoms with Crippen LogP contribution in [0.3, 0.4) is 0 Å². The summed E-state index contributed by atoms with van der Waals surface area (Å²) in [5.41, 5.74) is 0.581. The molecule has 0 fully saturated rings. The minimum Gasteiger partial charge on any atom is -0.337 e. The highest BCUT2D eigenvalue weighted by atomic mass is 35.5. The van der Waals surface area contributed by atoms with Gasteiger partial charge in [-0.25, -0.2) is 4.39 Å². The number of hydrogen-bond acceptors (Lipinski definition) is 3. The first kappa shape index (κ1) is 9.92. The van der Waals surface area contributed by atoms with Gasteiger partial charge in [0, 0.05) is 12.7 Å². The Morgan fingerprint density at radius 3 is 2.87 bits per heavy atom. The molecule has 2 rings (SSSR count). The first-order chi connectivity index (χ1) is 7.15. The third kappa shape index (κ3) is 2.24. The van der Waals surface area contributed by atoms with Crippen molar-refractivity contribution < 1.29 is 4.39 Å². The lowest BCUT2D eigenvalue weighted by atomic mass is 10.3. The maximum Gasteiger partial charge on any atom is 0.172 e. The zero-order valence-electron chi connectivity index (χ0n) is 7.91. The lowest BCUT2D eigenvalue weighted by molar-refractivity contribution is 0.629. The Labute approximate surface area is 90.7 Å². The van der Waals surface area contributed by atoms with Crippen molar-refractivity contribution >= 4 is 23.1 Å². The normalized spacial score (nSPS) is 10.3. The summed E-state index contributed by atoms with van der Waals surface area (Å²) in [4.78, 5) is 0. The van der Waals surface area contributed by atoms with Gasteiger partial charge in [-0.05, 0) is 18.2 Å². The van der Waals surface area contributed by atoms with Crippen molar-refractivity contribution in [1.82, 2.24) is 15.0 Å². The number of aromatic nitrogens is 3. The number of nitrogens with one attached hydrogen (secondary N) is 1. The molecule has 0 aliphatic carbocycles. The molecule has 1 N–H and O–H groups in total. The average molecular weight is 227 g/mol. The zero-order chi connectivity index (χ0) is 10.8. The summed E-state index contributed by atoms with van der Waals surface area (Å²) in [5, 5.41) is 10.5. The second kappa shape index (κ2) is 3.86. The topological polar surface area (TPSA) is 42.7 Å². The van der Waals surface area contributed by atoms with E-state index in [2.05, 4.69) is 15.6 Å². The standard InChI is InChI=1S/C9H8ClFN4/c1-15-5-9(13-14-15)12-6-2-3-7(10)8(11)4-6/h2-5,12H,1H3. The second-order valence-electron chi connectivity index (χ2n) is 3.03. The Balaban J connectivity index is 2.21. The predicted molar refractivity (Wildman–Crippen MR) is 55.7 cm³/mol. The van der Waals surface area contributed by atoms with Crippen molar-refractivity contribution in [2.24, 2.45) is 7.05 Å². The van der Waals surface area contributed by atoms with Gasteiger partial charge in [-0.1, -0.05) is 16.8 Å². The molecular weight excluding hydrogens is 219 g/mol. The van der Waals surface area contributed by atoms with Crippen LogP contribution in [0.4, 0.5) is 15.9 Å². The fourth-order valence-corrected chi connectivity index (χ4v) is 1.24. The molecule has 0 spiro atoms. The molecule has 1 heterocycles. The van der Waals surface area contributed by atoms with Crippen LogP contribution in [0.25, 0.3) is 0 Å². The first-order valence-corrected chi connectivity index (χ1v) is 4.61. The monoisotopic (exact) mass is 226 g/mol. The fourth-order valence-electron chi connectivity index (χ4n) is 1.13. The molecule has 0 aliphatic rings. The van der Waals surface area contributed by atoms with Crippen molar-refractivity contribution in [2.75, 3.05) is 5.32 Å². The molecule has 1 aromatic heterocycles. The van der Waals surface area contributed by atoms with Gasteiger partial charge in [0.2, 0.25) is 0 Å². The molecule has 2 aromatic rings. The molecule has 78 valence electrons. The highest BCUT2D eigenvalue weighted by Gasteiger charge is 2.02. The van der Waals surface area contributed by atoms with E-state index in [1.165, 1.54) is 12.1 Å². The van der Waals surface area contributed by atoms with Gasteiger partial charge in [0.15, 0.2) is 5.82 Å². The number of anilines is 2. The molecule has 0 amide bonds. The summed E-state index contributed by atoms with van der Waals surface area (Å²) in [5.74, 6) is 0.0878. The average Bonchev–Trinajstić information content (AvgIpc) is 2.58. The van der Waals surface area contributed by atoms with Crippen molar-refractivity contribution in [3.05, 3.63) is 35.2 Å². The smallest absolute Gasteiger partial charge is 0.172 e. The van der Waals surface area contributed by atoms with Crippen molar-refractivity contribution in [1.29, 1.82) is 0 Å². The number of hydrogen-bond donors (Lipinski definition) is 1. The molecule has 0 aliphatic heterocycles. The van der Waals surface area contributed by atoms with Crippen LogP contribution in [-0.2, 0) is 7.05 Å². The van der Waals surface area contributed by atoms with E-state index >= 15 is 0 Å². The molecular formula is C9H8ClFN4. The lowest BCUT2D eigenvalue weighted by Crippen LogP contribution is -1.91. The SMILES string of the molecule is Cn1cc(Nc2ccc(Cl)c(F)c2)nn1. The van der Waals surface area contributed by atoms with Crippen molar-refractivity contribution in [2.45, 2.75) is 0 Å². The van der Waals surface area contributed by atoms with Gasteiger partial charge < -0.3 is 5.32 Å². The third-order valence-electron chi connectivity index (χ3n) is 1.79. The molecule has 0 radical (unpaired) electrons. The van der Waals surface area contributed by atoms with Crippen LogP contribution in [0.5, 0.6) is 0 Å². The van der Waals surface area contributed by atoms with Crippen LogP contribution >= 0.6 is 11.6 Å². The Morgan fingerprint density at radius 2 is 2.27 bits per heavy atom.